The fraction of sp³-hybridized carbons (Fsp3) is 0.333. The number of hydrogen-bond donors (Lipinski definition) is 1. The van der Waals surface area contributed by atoms with Crippen LogP contribution >= 0.6 is 43.5 Å². The zero-order valence-electron chi connectivity index (χ0n) is 19.5. The Kier molecular flexibility index (Phi) is 10.7. The summed E-state index contributed by atoms with van der Waals surface area (Å²) in [6.45, 7) is -0.610. The number of hydrogen-bond acceptors (Lipinski definition) is 2. The number of benzene rings is 2. The van der Waals surface area contributed by atoms with Crippen molar-refractivity contribution in [3.63, 3.8) is 0 Å². The number of rotatable bonds is 8. The highest BCUT2D eigenvalue weighted by molar-refractivity contribution is 9.11. The first-order chi connectivity index (χ1) is 17.7. The topological polar surface area (TPSA) is 46.2 Å². The smallest absolute Gasteiger partial charge is 0.347 e. The molecule has 1 unspecified atom stereocenters. The van der Waals surface area contributed by atoms with Crippen LogP contribution in [0.1, 0.15) is 46.3 Å². The molecule has 2 rings (SSSR count). The van der Waals surface area contributed by atoms with Gasteiger partial charge in [-0.1, -0.05) is 42.8 Å². The van der Waals surface area contributed by atoms with Gasteiger partial charge in [0, 0.05) is 26.8 Å². The lowest BCUT2D eigenvalue weighted by Crippen LogP contribution is -2.37. The van der Waals surface area contributed by atoms with Crippen molar-refractivity contribution in [2.45, 2.75) is 37.8 Å². The summed E-state index contributed by atoms with van der Waals surface area (Å²) in [6.07, 6.45) is -14.0. The van der Waals surface area contributed by atoms with Crippen LogP contribution < -0.4 is 5.32 Å². The van der Waals surface area contributed by atoms with Crippen LogP contribution in [-0.2, 0) is 11.0 Å². The van der Waals surface area contributed by atoms with Gasteiger partial charge in [0.05, 0.1) is 16.5 Å². The molecule has 0 saturated carbocycles. The third kappa shape index (κ3) is 9.52. The first kappa shape index (κ1) is 33.1. The Morgan fingerprint density at radius 2 is 1.54 bits per heavy atom. The van der Waals surface area contributed by atoms with E-state index in [9.17, 15) is 49.1 Å². The monoisotopic (exact) mass is 715 g/mol. The second kappa shape index (κ2) is 12.6. The molecule has 0 spiro atoms. The zero-order chi connectivity index (χ0) is 29.9. The highest BCUT2D eigenvalue weighted by Gasteiger charge is 2.40. The Labute approximate surface area is 238 Å². The van der Waals surface area contributed by atoms with E-state index in [0.717, 1.165) is 37.3 Å². The fourth-order valence-electron chi connectivity index (χ4n) is 3.36. The SMILES string of the molecule is C[C@@H](CC(=O)c1ccc(/C=C/C(c2cc(Br)c(Cl)c(Br)c2)C(F)(F)F)cc1C(F)(F)F)C(=O)NCC(F)(F)F. The number of carbonyl (C=O) groups is 2. The van der Waals surface area contributed by atoms with E-state index in [-0.39, 0.29) is 25.1 Å². The van der Waals surface area contributed by atoms with Gasteiger partial charge in [0.15, 0.2) is 5.78 Å². The van der Waals surface area contributed by atoms with Crippen molar-refractivity contribution in [1.29, 1.82) is 0 Å². The summed E-state index contributed by atoms with van der Waals surface area (Å²) < 4.78 is 120. The molecular formula is C24H17Br2ClF9NO2. The largest absolute Gasteiger partial charge is 0.417 e. The van der Waals surface area contributed by atoms with E-state index in [1.165, 1.54) is 0 Å². The summed E-state index contributed by atoms with van der Waals surface area (Å²) in [7, 11) is 0. The third-order valence-electron chi connectivity index (χ3n) is 5.25. The Morgan fingerprint density at radius 1 is 0.974 bits per heavy atom. The Hall–Kier alpha value is -2.06. The minimum atomic E-state index is -5.11. The van der Waals surface area contributed by atoms with E-state index in [1.807, 2.05) is 0 Å². The second-order valence-corrected chi connectivity index (χ2v) is 10.4. The number of nitrogens with one attached hydrogen (secondary N) is 1. The van der Waals surface area contributed by atoms with E-state index in [1.54, 1.807) is 5.32 Å². The lowest BCUT2D eigenvalue weighted by atomic mass is 9.93. The molecule has 1 N–H and O–H groups in total. The summed E-state index contributed by atoms with van der Waals surface area (Å²) in [6, 6.07) is 4.42. The molecule has 0 radical (unpaired) electrons. The molecule has 0 aliphatic rings. The van der Waals surface area contributed by atoms with Gasteiger partial charge in [-0.05, 0) is 61.2 Å². The van der Waals surface area contributed by atoms with Crippen LogP contribution in [0, 0.1) is 5.92 Å². The van der Waals surface area contributed by atoms with Gasteiger partial charge in [-0.15, -0.1) is 0 Å². The molecule has 3 nitrogen and oxygen atoms in total. The van der Waals surface area contributed by atoms with E-state index in [0.29, 0.717) is 12.1 Å². The van der Waals surface area contributed by atoms with Crippen LogP contribution in [0.2, 0.25) is 5.02 Å². The molecule has 0 aliphatic heterocycles. The van der Waals surface area contributed by atoms with Gasteiger partial charge in [0.1, 0.15) is 6.54 Å². The second-order valence-electron chi connectivity index (χ2n) is 8.34. The molecule has 0 aromatic heterocycles. The van der Waals surface area contributed by atoms with Crippen LogP contribution in [-0.4, -0.2) is 30.6 Å². The Balaban J connectivity index is 2.37. The highest BCUT2D eigenvalue weighted by Crippen LogP contribution is 2.41. The number of alkyl halides is 9. The van der Waals surface area contributed by atoms with Crippen molar-refractivity contribution >= 4 is 61.2 Å². The summed E-state index contributed by atoms with van der Waals surface area (Å²) in [5, 5.41) is 1.66. The fourth-order valence-corrected chi connectivity index (χ4v) is 4.69. The Morgan fingerprint density at radius 3 is 2.03 bits per heavy atom. The van der Waals surface area contributed by atoms with Crippen molar-refractivity contribution in [1.82, 2.24) is 5.32 Å². The lowest BCUT2D eigenvalue weighted by molar-refractivity contribution is -0.140. The molecular weight excluding hydrogens is 701 g/mol. The summed E-state index contributed by atoms with van der Waals surface area (Å²) in [5.74, 6) is -5.98. The molecule has 2 aromatic carbocycles. The molecule has 0 heterocycles. The van der Waals surface area contributed by atoms with Crippen molar-refractivity contribution in [3.8, 4) is 0 Å². The first-order valence-electron chi connectivity index (χ1n) is 10.7. The van der Waals surface area contributed by atoms with E-state index >= 15 is 0 Å². The maximum Gasteiger partial charge on any atom is 0.417 e. The third-order valence-corrected chi connectivity index (χ3v) is 7.37. The van der Waals surface area contributed by atoms with Crippen LogP contribution in [0.25, 0.3) is 6.08 Å². The predicted octanol–water partition coefficient (Wildman–Crippen LogP) is 9.13. The standard InChI is InChI=1S/C24H17Br2ClF9NO2/c1-11(21(39)37-10-22(28,29)30)6-19(38)14-4-2-12(7-16(14)24(34,35)36)3-5-15(23(31,32)33)13-8-17(25)20(27)18(26)9-13/h2-5,7-9,11,15H,6,10H2,1H3,(H,37,39)/b5-3+/t11-,15?/m0/s1. The normalized spacial score (nSPS) is 14.4. The number of allylic oxidation sites excluding steroid dienone is 1. The zero-order valence-corrected chi connectivity index (χ0v) is 23.4. The molecule has 214 valence electrons. The van der Waals surface area contributed by atoms with E-state index < -0.39 is 66.1 Å². The minimum absolute atomic E-state index is 0.117. The van der Waals surface area contributed by atoms with Crippen molar-refractivity contribution in [3.05, 3.63) is 72.6 Å². The van der Waals surface area contributed by atoms with Gasteiger partial charge >= 0.3 is 18.5 Å². The van der Waals surface area contributed by atoms with Crippen molar-refractivity contribution in [2.24, 2.45) is 5.92 Å². The predicted molar refractivity (Wildman–Crippen MR) is 133 cm³/mol. The number of ketones is 1. The molecule has 0 aliphatic carbocycles. The number of carbonyl (C=O) groups excluding carboxylic acids is 2. The van der Waals surface area contributed by atoms with Crippen LogP contribution in [0.15, 0.2) is 45.4 Å². The molecule has 1 amide bonds. The molecule has 0 saturated heterocycles. The van der Waals surface area contributed by atoms with Crippen LogP contribution in [0.5, 0.6) is 0 Å². The average molecular weight is 718 g/mol. The Bertz CT molecular complexity index is 1230. The first-order valence-corrected chi connectivity index (χ1v) is 12.7. The number of halogens is 12. The van der Waals surface area contributed by atoms with Crippen LogP contribution in [0.3, 0.4) is 0 Å². The van der Waals surface area contributed by atoms with E-state index in [4.69, 9.17) is 11.6 Å². The van der Waals surface area contributed by atoms with Crippen molar-refractivity contribution < 1.29 is 49.1 Å². The molecule has 2 atom stereocenters. The van der Waals surface area contributed by atoms with Crippen molar-refractivity contribution in [2.75, 3.05) is 6.54 Å². The summed E-state index contributed by atoms with van der Waals surface area (Å²) in [5.41, 5.74) is -2.93. The minimum Gasteiger partial charge on any atom is -0.347 e. The van der Waals surface area contributed by atoms with Gasteiger partial charge < -0.3 is 5.32 Å². The lowest BCUT2D eigenvalue weighted by Gasteiger charge is -2.19. The number of Topliss-reactive ketones (excluding diaryl/α,β-unsaturated/α-hetero) is 1. The molecule has 39 heavy (non-hydrogen) atoms. The van der Waals surface area contributed by atoms with Gasteiger partial charge in [-0.3, -0.25) is 9.59 Å². The average Bonchev–Trinajstić information content (AvgIpc) is 2.78. The molecule has 0 fully saturated rings. The quantitative estimate of drug-likeness (QED) is 0.168. The summed E-state index contributed by atoms with van der Waals surface area (Å²) in [4.78, 5) is 24.3. The van der Waals surface area contributed by atoms with Gasteiger partial charge in [0.2, 0.25) is 5.91 Å². The maximum atomic E-state index is 13.8. The van der Waals surface area contributed by atoms with Gasteiger partial charge in [-0.25, -0.2) is 0 Å². The van der Waals surface area contributed by atoms with Gasteiger partial charge in [0.25, 0.3) is 0 Å². The molecule has 15 heteroatoms. The molecule has 0 bridgehead atoms. The van der Waals surface area contributed by atoms with Crippen LogP contribution in [0.4, 0.5) is 39.5 Å². The van der Waals surface area contributed by atoms with E-state index in [2.05, 4.69) is 31.9 Å². The maximum absolute atomic E-state index is 13.8. The number of amides is 1. The summed E-state index contributed by atoms with van der Waals surface area (Å²) >= 11 is 12.0. The van der Waals surface area contributed by atoms with Gasteiger partial charge in [-0.2, -0.15) is 39.5 Å². The highest BCUT2D eigenvalue weighted by atomic mass is 79.9. The molecule has 2 aromatic rings.